The van der Waals surface area contributed by atoms with Gasteiger partial charge >= 0.3 is 0 Å². The molecule has 2 rings (SSSR count). The average molecular weight is 305 g/mol. The molecule has 1 unspecified atom stereocenters. The van der Waals surface area contributed by atoms with Crippen LogP contribution in [-0.4, -0.2) is 12.2 Å². The second-order valence-corrected chi connectivity index (χ2v) is 5.64. The van der Waals surface area contributed by atoms with Gasteiger partial charge in [-0.3, -0.25) is 0 Å². The molecule has 2 heterocycles. The van der Waals surface area contributed by atoms with E-state index in [0.29, 0.717) is 0 Å². The molecule has 15 heavy (non-hydrogen) atoms. The number of hydrogen-bond donors (Lipinski definition) is 1. The summed E-state index contributed by atoms with van der Waals surface area (Å²) in [4.78, 5) is 1.76. The molecule has 0 aliphatic carbocycles. The van der Waals surface area contributed by atoms with Crippen molar-refractivity contribution in [2.45, 2.75) is 6.10 Å². The van der Waals surface area contributed by atoms with Crippen LogP contribution in [0.15, 0.2) is 27.4 Å². The highest BCUT2D eigenvalue weighted by Crippen LogP contribution is 2.39. The average Bonchev–Trinajstić information content (AvgIpc) is 2.84. The van der Waals surface area contributed by atoms with E-state index >= 15 is 0 Å². The lowest BCUT2D eigenvalue weighted by Crippen LogP contribution is -1.97. The van der Waals surface area contributed by atoms with Gasteiger partial charge in [0.1, 0.15) is 11.9 Å². The minimum atomic E-state index is -0.602. The van der Waals surface area contributed by atoms with E-state index < -0.39 is 6.10 Å². The monoisotopic (exact) mass is 304 g/mol. The van der Waals surface area contributed by atoms with Crippen LogP contribution in [0.2, 0.25) is 0 Å². The molecule has 0 aliphatic rings. The lowest BCUT2D eigenvalue weighted by Gasteiger charge is -2.09. The summed E-state index contributed by atoms with van der Waals surface area (Å²) in [5.41, 5.74) is 0. The van der Waals surface area contributed by atoms with Crippen molar-refractivity contribution in [2.24, 2.45) is 0 Å². The Kier molecular flexibility index (Phi) is 3.45. The van der Waals surface area contributed by atoms with Crippen molar-refractivity contribution in [3.63, 3.8) is 0 Å². The quantitative estimate of drug-likeness (QED) is 0.937. The molecule has 0 amide bonds. The third kappa shape index (κ3) is 2.10. The molecule has 0 saturated heterocycles. The van der Waals surface area contributed by atoms with Gasteiger partial charge in [-0.2, -0.15) is 0 Å². The van der Waals surface area contributed by atoms with Crippen molar-refractivity contribution < 1.29 is 9.84 Å². The van der Waals surface area contributed by atoms with Crippen molar-refractivity contribution in [1.29, 1.82) is 0 Å². The van der Waals surface area contributed by atoms with Crippen molar-refractivity contribution in [1.82, 2.24) is 0 Å². The molecular formula is C10H9BrO2S2. The Morgan fingerprint density at radius 2 is 1.93 bits per heavy atom. The van der Waals surface area contributed by atoms with Gasteiger partial charge in [0.2, 0.25) is 0 Å². The van der Waals surface area contributed by atoms with E-state index in [1.807, 2.05) is 22.9 Å². The zero-order valence-corrected chi connectivity index (χ0v) is 11.2. The number of aliphatic hydroxyl groups is 1. The third-order valence-corrected chi connectivity index (χ3v) is 4.89. The van der Waals surface area contributed by atoms with E-state index in [0.717, 1.165) is 20.0 Å². The summed E-state index contributed by atoms with van der Waals surface area (Å²) in [6.45, 7) is 0. The van der Waals surface area contributed by atoms with Gasteiger partial charge in [0.25, 0.3) is 0 Å². The second kappa shape index (κ2) is 4.65. The summed E-state index contributed by atoms with van der Waals surface area (Å²) < 4.78 is 6.12. The Hall–Kier alpha value is -0.360. The topological polar surface area (TPSA) is 29.5 Å². The maximum atomic E-state index is 10.2. The first-order valence-corrected chi connectivity index (χ1v) is 6.81. The van der Waals surface area contributed by atoms with E-state index in [1.54, 1.807) is 7.11 Å². The van der Waals surface area contributed by atoms with Crippen molar-refractivity contribution in [2.75, 3.05) is 7.11 Å². The largest absolute Gasteiger partial charge is 0.495 e. The number of aliphatic hydroxyl groups excluding tert-OH is 1. The fourth-order valence-corrected chi connectivity index (χ4v) is 3.81. The number of halogens is 1. The van der Waals surface area contributed by atoms with Gasteiger partial charge in [-0.25, -0.2) is 0 Å². The van der Waals surface area contributed by atoms with Crippen LogP contribution < -0.4 is 4.74 Å². The van der Waals surface area contributed by atoms with E-state index in [-0.39, 0.29) is 0 Å². The third-order valence-electron chi connectivity index (χ3n) is 2.02. The van der Waals surface area contributed by atoms with Gasteiger partial charge in [-0.1, -0.05) is 0 Å². The predicted molar refractivity (Wildman–Crippen MR) is 67.0 cm³/mol. The number of ether oxygens (including phenoxy) is 1. The SMILES string of the molecule is COc1ccsc1C(O)c1sccc1Br. The fourth-order valence-electron chi connectivity index (χ4n) is 1.30. The van der Waals surface area contributed by atoms with Crippen LogP contribution in [-0.2, 0) is 0 Å². The summed E-state index contributed by atoms with van der Waals surface area (Å²) in [7, 11) is 1.61. The van der Waals surface area contributed by atoms with Gasteiger partial charge in [0.05, 0.1) is 16.9 Å². The van der Waals surface area contributed by atoms with Crippen molar-refractivity contribution in [3.05, 3.63) is 37.1 Å². The predicted octanol–water partition coefficient (Wildman–Crippen LogP) is 3.66. The molecule has 0 fully saturated rings. The van der Waals surface area contributed by atoms with Gasteiger partial charge in [-0.05, 0) is 38.8 Å². The molecule has 0 saturated carbocycles. The summed E-state index contributed by atoms with van der Waals surface area (Å²) >= 11 is 6.44. The minimum Gasteiger partial charge on any atom is -0.495 e. The van der Waals surface area contributed by atoms with Crippen LogP contribution in [0.4, 0.5) is 0 Å². The van der Waals surface area contributed by atoms with E-state index in [9.17, 15) is 5.11 Å². The van der Waals surface area contributed by atoms with E-state index in [4.69, 9.17) is 4.74 Å². The number of hydrogen-bond acceptors (Lipinski definition) is 4. The van der Waals surface area contributed by atoms with Gasteiger partial charge in [0.15, 0.2) is 0 Å². The molecule has 1 N–H and O–H groups in total. The van der Waals surface area contributed by atoms with Gasteiger partial charge in [-0.15, -0.1) is 22.7 Å². The number of methoxy groups -OCH3 is 1. The highest BCUT2D eigenvalue weighted by atomic mass is 79.9. The van der Waals surface area contributed by atoms with Gasteiger partial charge in [0, 0.05) is 4.47 Å². The molecule has 0 bridgehead atoms. The Labute approximate surface area is 104 Å². The second-order valence-electron chi connectivity index (χ2n) is 2.89. The molecule has 0 aliphatic heterocycles. The van der Waals surface area contributed by atoms with Gasteiger partial charge < -0.3 is 9.84 Å². The van der Waals surface area contributed by atoms with Crippen LogP contribution in [0, 0.1) is 0 Å². The molecule has 5 heteroatoms. The number of rotatable bonds is 3. The van der Waals surface area contributed by atoms with Crippen LogP contribution in [0.3, 0.4) is 0 Å². The summed E-state index contributed by atoms with van der Waals surface area (Å²) in [5, 5.41) is 14.0. The summed E-state index contributed by atoms with van der Waals surface area (Å²) in [6, 6.07) is 3.80. The first-order valence-electron chi connectivity index (χ1n) is 4.26. The Morgan fingerprint density at radius 1 is 1.27 bits per heavy atom. The standard InChI is InChI=1S/C10H9BrO2S2/c1-13-7-3-5-15-10(7)8(12)9-6(11)2-4-14-9/h2-5,8,12H,1H3. The Bertz CT molecular complexity index is 450. The molecule has 0 spiro atoms. The molecule has 1 atom stereocenters. The maximum absolute atomic E-state index is 10.2. The Balaban J connectivity index is 2.36. The molecule has 2 nitrogen and oxygen atoms in total. The minimum absolute atomic E-state index is 0.602. The highest BCUT2D eigenvalue weighted by Gasteiger charge is 2.20. The summed E-state index contributed by atoms with van der Waals surface area (Å²) in [5.74, 6) is 0.743. The van der Waals surface area contributed by atoms with Crippen LogP contribution >= 0.6 is 38.6 Å². The molecule has 0 radical (unpaired) electrons. The Morgan fingerprint density at radius 3 is 2.53 bits per heavy atom. The molecule has 2 aromatic heterocycles. The highest BCUT2D eigenvalue weighted by molar-refractivity contribution is 9.10. The first kappa shape index (κ1) is 11.1. The van der Waals surface area contributed by atoms with Crippen molar-refractivity contribution in [3.8, 4) is 5.75 Å². The lowest BCUT2D eigenvalue weighted by atomic mass is 10.2. The zero-order chi connectivity index (χ0) is 10.8. The van der Waals surface area contributed by atoms with Crippen LogP contribution in [0.1, 0.15) is 15.9 Å². The first-order chi connectivity index (χ1) is 7.24. The van der Waals surface area contributed by atoms with E-state index in [2.05, 4.69) is 15.9 Å². The zero-order valence-electron chi connectivity index (χ0n) is 7.94. The normalized spacial score (nSPS) is 12.7. The molecule has 0 aromatic carbocycles. The molecular weight excluding hydrogens is 296 g/mol. The summed E-state index contributed by atoms with van der Waals surface area (Å²) in [6.07, 6.45) is -0.602. The molecule has 2 aromatic rings. The van der Waals surface area contributed by atoms with Crippen LogP contribution in [0.5, 0.6) is 5.75 Å². The number of thiophene rings is 2. The molecule has 80 valence electrons. The maximum Gasteiger partial charge on any atom is 0.135 e. The van der Waals surface area contributed by atoms with E-state index in [1.165, 1.54) is 22.7 Å². The lowest BCUT2D eigenvalue weighted by molar-refractivity contribution is 0.222. The van der Waals surface area contributed by atoms with Crippen LogP contribution in [0.25, 0.3) is 0 Å². The van der Waals surface area contributed by atoms with Crippen molar-refractivity contribution >= 4 is 38.6 Å². The smallest absolute Gasteiger partial charge is 0.135 e. The fraction of sp³-hybridized carbons (Fsp3) is 0.200.